The summed E-state index contributed by atoms with van der Waals surface area (Å²) in [4.78, 5) is 13.6. The molecular formula is C18H19F3N2O3S2. The van der Waals surface area contributed by atoms with Crippen LogP contribution in [0.25, 0.3) is 0 Å². The summed E-state index contributed by atoms with van der Waals surface area (Å²) in [5.74, 6) is -1.83. The van der Waals surface area contributed by atoms with Gasteiger partial charge in [-0.15, -0.1) is 11.3 Å². The summed E-state index contributed by atoms with van der Waals surface area (Å²) in [7, 11) is -3.66. The Morgan fingerprint density at radius 1 is 1.21 bits per heavy atom. The first-order valence-corrected chi connectivity index (χ1v) is 11.0. The molecule has 1 aliphatic heterocycles. The third kappa shape index (κ3) is 5.05. The van der Waals surface area contributed by atoms with E-state index in [1.165, 1.54) is 23.1 Å². The van der Waals surface area contributed by atoms with Gasteiger partial charge in [-0.25, -0.2) is 8.42 Å². The maximum Gasteiger partial charge on any atom is 0.393 e. The quantitative estimate of drug-likeness (QED) is 0.780. The Bertz CT molecular complexity index is 911. The minimum absolute atomic E-state index is 0.0253. The third-order valence-electron chi connectivity index (χ3n) is 4.56. The summed E-state index contributed by atoms with van der Waals surface area (Å²) in [5, 5.41) is 1.66. The summed E-state index contributed by atoms with van der Waals surface area (Å²) in [6.45, 7) is 0.0190. The molecule has 10 heteroatoms. The summed E-state index contributed by atoms with van der Waals surface area (Å²) in [5.41, 5.74) is 0.956. The topological polar surface area (TPSA) is 66.5 Å². The van der Waals surface area contributed by atoms with Gasteiger partial charge in [0.15, 0.2) is 0 Å². The van der Waals surface area contributed by atoms with E-state index >= 15 is 0 Å². The number of hydrogen-bond acceptors (Lipinski definition) is 4. The molecule has 0 unspecified atom stereocenters. The van der Waals surface area contributed by atoms with E-state index in [1.54, 1.807) is 23.6 Å². The second kappa shape index (κ2) is 8.12. The van der Waals surface area contributed by atoms with Crippen molar-refractivity contribution in [3.63, 3.8) is 0 Å². The summed E-state index contributed by atoms with van der Waals surface area (Å²) in [6.07, 6.45) is -3.94. The molecule has 5 nitrogen and oxygen atoms in total. The fourth-order valence-corrected chi connectivity index (χ4v) is 5.12. The highest BCUT2D eigenvalue weighted by atomic mass is 32.2. The lowest BCUT2D eigenvalue weighted by molar-refractivity contribution is -0.187. The van der Waals surface area contributed by atoms with Crippen molar-refractivity contribution in [2.45, 2.75) is 29.6 Å². The van der Waals surface area contributed by atoms with Crippen LogP contribution in [0.3, 0.4) is 0 Å². The molecule has 1 N–H and O–H groups in total. The Labute approximate surface area is 165 Å². The number of thiophene rings is 1. The van der Waals surface area contributed by atoms with Crippen LogP contribution >= 0.6 is 11.3 Å². The number of rotatable bonds is 5. The highest BCUT2D eigenvalue weighted by Gasteiger charge is 2.42. The van der Waals surface area contributed by atoms with E-state index in [-0.39, 0.29) is 29.5 Å². The monoisotopic (exact) mass is 432 g/mol. The van der Waals surface area contributed by atoms with Gasteiger partial charge < -0.3 is 4.90 Å². The average Bonchev–Trinajstić information content (AvgIpc) is 3.18. The molecular weight excluding hydrogens is 413 g/mol. The number of nitrogens with one attached hydrogen (secondary N) is 1. The van der Waals surface area contributed by atoms with E-state index in [4.69, 9.17) is 0 Å². The van der Waals surface area contributed by atoms with Gasteiger partial charge in [-0.05, 0) is 42.0 Å². The van der Waals surface area contributed by atoms with Crippen LogP contribution in [-0.4, -0.2) is 38.5 Å². The van der Waals surface area contributed by atoms with E-state index < -0.39 is 22.1 Å². The molecule has 1 aromatic heterocycles. The van der Waals surface area contributed by atoms with Crippen molar-refractivity contribution in [1.29, 1.82) is 0 Å². The number of likely N-dealkylation sites (tertiary alicyclic amines) is 1. The van der Waals surface area contributed by atoms with Gasteiger partial charge in [-0.3, -0.25) is 9.52 Å². The first-order chi connectivity index (χ1) is 13.1. The molecule has 2 aromatic rings. The summed E-state index contributed by atoms with van der Waals surface area (Å²) >= 11 is 1.10. The van der Waals surface area contributed by atoms with Gasteiger partial charge in [-0.2, -0.15) is 13.2 Å². The Kier molecular flexibility index (Phi) is 5.99. The lowest BCUT2D eigenvalue weighted by Crippen LogP contribution is -2.45. The first kappa shape index (κ1) is 20.7. The molecule has 28 heavy (non-hydrogen) atoms. The number of carbonyl (C=O) groups is 1. The molecule has 1 amide bonds. The number of benzene rings is 1. The summed E-state index contributed by atoms with van der Waals surface area (Å²) in [6, 6.07) is 9.38. The molecule has 3 rings (SSSR count). The fraction of sp³-hybridized carbons (Fsp3) is 0.389. The van der Waals surface area contributed by atoms with Gasteiger partial charge in [-0.1, -0.05) is 18.2 Å². The predicted molar refractivity (Wildman–Crippen MR) is 101 cm³/mol. The normalized spacial score (nSPS) is 18.1. The van der Waals surface area contributed by atoms with Crippen molar-refractivity contribution < 1.29 is 26.4 Å². The van der Waals surface area contributed by atoms with E-state index in [9.17, 15) is 26.4 Å². The Morgan fingerprint density at radius 3 is 2.54 bits per heavy atom. The molecule has 152 valence electrons. The van der Waals surface area contributed by atoms with Crippen molar-refractivity contribution >= 4 is 33.0 Å². The van der Waals surface area contributed by atoms with Crippen LogP contribution in [0.4, 0.5) is 18.9 Å². The fourth-order valence-electron chi connectivity index (χ4n) is 3.07. The summed E-state index contributed by atoms with van der Waals surface area (Å²) < 4.78 is 65.7. The second-order valence-electron chi connectivity index (χ2n) is 6.63. The molecule has 0 aliphatic carbocycles. The number of sulfonamides is 1. The number of halogens is 3. The number of anilines is 1. The maximum atomic E-state index is 12.9. The molecule has 1 aliphatic rings. The van der Waals surface area contributed by atoms with E-state index in [2.05, 4.69) is 4.72 Å². The van der Waals surface area contributed by atoms with Crippen molar-refractivity contribution in [2.24, 2.45) is 5.92 Å². The van der Waals surface area contributed by atoms with Gasteiger partial charge in [0.2, 0.25) is 5.91 Å². The van der Waals surface area contributed by atoms with Crippen molar-refractivity contribution in [1.82, 2.24) is 4.90 Å². The van der Waals surface area contributed by atoms with Crippen LogP contribution in [0.5, 0.6) is 0 Å². The third-order valence-corrected chi connectivity index (χ3v) is 7.34. The van der Waals surface area contributed by atoms with E-state index in [0.717, 1.165) is 11.3 Å². The number of carbonyl (C=O) groups excluding carboxylic acids is 1. The number of nitrogens with zero attached hydrogens (tertiary/aromatic N) is 1. The second-order valence-corrected chi connectivity index (χ2v) is 9.49. The van der Waals surface area contributed by atoms with Gasteiger partial charge in [0, 0.05) is 18.8 Å². The van der Waals surface area contributed by atoms with Crippen LogP contribution in [-0.2, 0) is 21.2 Å². The molecule has 0 radical (unpaired) electrons. The zero-order valence-electron chi connectivity index (χ0n) is 14.8. The average molecular weight is 432 g/mol. The lowest BCUT2D eigenvalue weighted by Gasteiger charge is -2.33. The SMILES string of the molecule is O=C(Cc1ccc(NS(=O)(=O)c2cccs2)cc1)N1CCC[C@H](C(F)(F)F)C1. The minimum Gasteiger partial charge on any atom is -0.342 e. The van der Waals surface area contributed by atoms with Gasteiger partial charge in [0.05, 0.1) is 12.3 Å². The van der Waals surface area contributed by atoms with Crippen LogP contribution < -0.4 is 4.72 Å². The zero-order valence-corrected chi connectivity index (χ0v) is 16.4. The van der Waals surface area contributed by atoms with Crippen LogP contribution in [0.2, 0.25) is 0 Å². The number of hydrogen-bond donors (Lipinski definition) is 1. The molecule has 1 fully saturated rings. The van der Waals surface area contributed by atoms with Gasteiger partial charge in [0.1, 0.15) is 4.21 Å². The first-order valence-electron chi connectivity index (χ1n) is 8.65. The Morgan fingerprint density at radius 2 is 1.93 bits per heavy atom. The molecule has 0 bridgehead atoms. The maximum absolute atomic E-state index is 12.9. The molecule has 1 atom stereocenters. The molecule has 0 saturated carbocycles. The number of alkyl halides is 3. The van der Waals surface area contributed by atoms with E-state index in [0.29, 0.717) is 24.2 Å². The zero-order chi connectivity index (χ0) is 20.4. The Hall–Kier alpha value is -2.07. The van der Waals surface area contributed by atoms with Crippen molar-refractivity contribution in [2.75, 3.05) is 17.8 Å². The van der Waals surface area contributed by atoms with Crippen molar-refractivity contribution in [3.8, 4) is 0 Å². The minimum atomic E-state index is -4.29. The molecule has 0 spiro atoms. The lowest BCUT2D eigenvalue weighted by atomic mass is 9.97. The number of piperidine rings is 1. The van der Waals surface area contributed by atoms with Crippen LogP contribution in [0, 0.1) is 5.92 Å². The molecule has 2 heterocycles. The number of amides is 1. The highest BCUT2D eigenvalue weighted by molar-refractivity contribution is 7.94. The van der Waals surface area contributed by atoms with Crippen LogP contribution in [0.1, 0.15) is 18.4 Å². The largest absolute Gasteiger partial charge is 0.393 e. The molecule has 1 saturated heterocycles. The van der Waals surface area contributed by atoms with E-state index in [1.807, 2.05) is 0 Å². The highest BCUT2D eigenvalue weighted by Crippen LogP contribution is 2.33. The molecule has 1 aromatic carbocycles. The standard InChI is InChI=1S/C18H19F3N2O3S2/c19-18(20,21)14-3-1-9-23(12-14)16(24)11-13-5-7-15(8-6-13)22-28(25,26)17-4-2-10-27-17/h2,4-8,10,14,22H,1,3,9,11-12H2/t14-/m0/s1. The predicted octanol–water partition coefficient (Wildman–Crippen LogP) is 3.89. The van der Waals surface area contributed by atoms with Crippen LogP contribution in [0.15, 0.2) is 46.0 Å². The van der Waals surface area contributed by atoms with Crippen molar-refractivity contribution in [3.05, 3.63) is 47.3 Å². The van der Waals surface area contributed by atoms with Gasteiger partial charge >= 0.3 is 6.18 Å². The van der Waals surface area contributed by atoms with Gasteiger partial charge in [0.25, 0.3) is 10.0 Å². The smallest absolute Gasteiger partial charge is 0.342 e. The Balaban J connectivity index is 1.60.